The third kappa shape index (κ3) is 8.24. The van der Waals surface area contributed by atoms with Crippen molar-refractivity contribution in [2.75, 3.05) is 11.0 Å². The molecule has 2 aromatic rings. The number of benzene rings is 2. The van der Waals surface area contributed by atoms with E-state index in [1.165, 1.54) is 36.4 Å². The molecule has 54 heavy (non-hydrogen) atoms. The molecule has 18 nitrogen and oxygen atoms in total. The molecule has 6 rings (SSSR count). The number of carbonyl (C=O) groups excluding carboxylic acids is 2. The Labute approximate surface area is 306 Å². The Morgan fingerprint density at radius 2 is 1.20 bits per heavy atom. The maximum absolute atomic E-state index is 13.8. The monoisotopic (exact) mass is 769 g/mol. The van der Waals surface area contributed by atoms with Crippen LogP contribution in [-0.2, 0) is 29.6 Å². The van der Waals surface area contributed by atoms with Gasteiger partial charge in [-0.1, -0.05) is 24.3 Å². The van der Waals surface area contributed by atoms with E-state index in [2.05, 4.69) is 30.6 Å². The van der Waals surface area contributed by atoms with Crippen molar-refractivity contribution in [3.8, 4) is 0 Å². The molecule has 0 saturated heterocycles. The zero-order valence-electron chi connectivity index (χ0n) is 27.2. The van der Waals surface area contributed by atoms with Gasteiger partial charge >= 0.3 is 10.5 Å². The molecule has 0 fully saturated rings. The normalized spacial score (nSPS) is 17.5. The van der Waals surface area contributed by atoms with Crippen molar-refractivity contribution in [1.29, 1.82) is 0 Å². The van der Waals surface area contributed by atoms with Gasteiger partial charge in [0.05, 0.1) is 39.8 Å². The predicted molar refractivity (Wildman–Crippen MR) is 200 cm³/mol. The summed E-state index contributed by atoms with van der Waals surface area (Å²) >= 11 is 0. The van der Waals surface area contributed by atoms with Gasteiger partial charge in [-0.05, 0) is 99.9 Å². The number of fused-ring (bicyclic) bond motifs is 1. The molecule has 4 aliphatic rings. The lowest BCUT2D eigenvalue weighted by atomic mass is 9.92. The molecular weight excluding hydrogens is 745 g/mol. The molecule has 0 saturated carbocycles. The van der Waals surface area contributed by atoms with Crippen LogP contribution in [0.3, 0.4) is 0 Å². The zero-order chi connectivity index (χ0) is 38.8. The minimum absolute atomic E-state index is 0.0386. The van der Waals surface area contributed by atoms with Gasteiger partial charge in [-0.3, -0.25) is 24.6 Å². The molecule has 0 aliphatic heterocycles. The Bertz CT molecular complexity index is 2530. The van der Waals surface area contributed by atoms with Crippen molar-refractivity contribution in [2.45, 2.75) is 4.90 Å². The van der Waals surface area contributed by atoms with E-state index in [0.29, 0.717) is 11.4 Å². The summed E-state index contributed by atoms with van der Waals surface area (Å²) in [6.07, 6.45) is 20.3. The third-order valence-electron chi connectivity index (χ3n) is 7.66. The minimum atomic E-state index is -5.09. The van der Waals surface area contributed by atoms with Gasteiger partial charge < -0.3 is 5.73 Å². The SMILES string of the molecule is Nc1c(N=Nc2ccc(N(O)O)cc2)c(S(=O)(=O)O)cc2c1C(=O)C(=NN=C1C=CC(=C3C=CC(=NN=C4C=CC(=O)C=C4)C=C3)C=C1)C([S+](=O)(O)O)=C2. The highest BCUT2D eigenvalue weighted by atomic mass is 32.3. The maximum atomic E-state index is 13.8. The number of nitrogens with zero attached hydrogens (tertiary/aromatic N) is 7. The molecule has 272 valence electrons. The summed E-state index contributed by atoms with van der Waals surface area (Å²) in [5, 5.41) is 41.9. The number of rotatable bonds is 7. The highest BCUT2D eigenvalue weighted by Gasteiger charge is 2.44. The Hall–Kier alpha value is -6.52. The first-order valence-corrected chi connectivity index (χ1v) is 18.1. The predicted octanol–water partition coefficient (Wildman–Crippen LogP) is 5.34. The van der Waals surface area contributed by atoms with E-state index < -0.39 is 58.8 Å². The smallest absolute Gasteiger partial charge is 0.388 e. The van der Waals surface area contributed by atoms with Crippen molar-refractivity contribution in [1.82, 2.24) is 0 Å². The summed E-state index contributed by atoms with van der Waals surface area (Å²) in [5.74, 6) is -1.27. The number of carbonyl (C=O) groups is 2. The van der Waals surface area contributed by atoms with Crippen LogP contribution in [-0.4, -0.2) is 66.9 Å². The van der Waals surface area contributed by atoms with Gasteiger partial charge in [0.15, 0.2) is 11.5 Å². The fourth-order valence-corrected chi connectivity index (χ4v) is 6.37. The average molecular weight is 770 g/mol. The number of azo groups is 1. The highest BCUT2D eigenvalue weighted by molar-refractivity contribution is 7.97. The first-order chi connectivity index (χ1) is 25.6. The molecule has 4 aliphatic carbocycles. The van der Waals surface area contributed by atoms with Crippen LogP contribution in [0, 0.1) is 0 Å². The quantitative estimate of drug-likeness (QED) is 0.0520. The summed E-state index contributed by atoms with van der Waals surface area (Å²) in [6, 6.07) is 5.78. The molecule has 0 amide bonds. The number of Topliss-reactive ketones (excluding diaryl/α,β-unsaturated/α-hetero) is 1. The van der Waals surface area contributed by atoms with Crippen LogP contribution < -0.4 is 11.0 Å². The molecule has 0 spiro atoms. The van der Waals surface area contributed by atoms with Crippen molar-refractivity contribution < 1.29 is 46.3 Å². The van der Waals surface area contributed by atoms with E-state index in [1.54, 1.807) is 60.8 Å². The van der Waals surface area contributed by atoms with Gasteiger partial charge in [0.25, 0.3) is 15.0 Å². The molecule has 0 aromatic heterocycles. The maximum Gasteiger partial charge on any atom is 0.388 e. The topological polar surface area (TPSA) is 290 Å². The number of allylic oxidation sites excluding steroid dienone is 15. The average Bonchev–Trinajstić information content (AvgIpc) is 3.13. The lowest BCUT2D eigenvalue weighted by Gasteiger charge is -2.18. The van der Waals surface area contributed by atoms with Gasteiger partial charge in [-0.25, -0.2) is 0 Å². The summed E-state index contributed by atoms with van der Waals surface area (Å²) in [4.78, 5) is 23.2. The van der Waals surface area contributed by atoms with Gasteiger partial charge in [-0.15, -0.1) is 15.4 Å². The van der Waals surface area contributed by atoms with Crippen molar-refractivity contribution >= 4 is 83.9 Å². The molecule has 0 radical (unpaired) electrons. The van der Waals surface area contributed by atoms with Gasteiger partial charge in [0.2, 0.25) is 5.78 Å². The molecule has 20 heteroatoms. The largest absolute Gasteiger partial charge is 0.396 e. The minimum Gasteiger partial charge on any atom is -0.396 e. The lowest BCUT2D eigenvalue weighted by Crippen LogP contribution is -2.29. The first-order valence-electron chi connectivity index (χ1n) is 15.2. The van der Waals surface area contributed by atoms with Crippen molar-refractivity contribution in [2.24, 2.45) is 30.6 Å². The van der Waals surface area contributed by atoms with E-state index in [9.17, 15) is 35.9 Å². The fraction of sp³-hybridized carbons (Fsp3) is 0. The van der Waals surface area contributed by atoms with E-state index in [4.69, 9.17) is 16.1 Å². The highest BCUT2D eigenvalue weighted by Crippen LogP contribution is 2.41. The second-order valence-corrected chi connectivity index (χ2v) is 14.1. The van der Waals surface area contributed by atoms with Crippen LogP contribution in [0.15, 0.2) is 155 Å². The Morgan fingerprint density at radius 1 is 0.704 bits per heavy atom. The fourth-order valence-electron chi connectivity index (χ4n) is 5.03. The van der Waals surface area contributed by atoms with Gasteiger partial charge in [0.1, 0.15) is 10.6 Å². The van der Waals surface area contributed by atoms with Crippen LogP contribution in [0.5, 0.6) is 0 Å². The Kier molecular flexibility index (Phi) is 10.2. The van der Waals surface area contributed by atoms with Crippen LogP contribution in [0.1, 0.15) is 15.9 Å². The second-order valence-electron chi connectivity index (χ2n) is 11.3. The number of nitrogen functional groups attached to an aromatic ring is 1. The molecule has 7 N–H and O–H groups in total. The molecule has 0 atom stereocenters. The number of anilines is 2. The zero-order valence-corrected chi connectivity index (χ0v) is 28.8. The third-order valence-corrected chi connectivity index (χ3v) is 9.41. The molecular formula is C34H25N8O10S2+. The molecule has 0 unspecified atom stereocenters. The Morgan fingerprint density at radius 3 is 1.69 bits per heavy atom. The van der Waals surface area contributed by atoms with E-state index in [0.717, 1.165) is 23.3 Å². The van der Waals surface area contributed by atoms with Gasteiger partial charge in [0, 0.05) is 6.08 Å². The summed E-state index contributed by atoms with van der Waals surface area (Å²) < 4.78 is 67.4. The van der Waals surface area contributed by atoms with Crippen LogP contribution >= 0.6 is 0 Å². The van der Waals surface area contributed by atoms with Gasteiger partial charge in [-0.2, -0.15) is 37.9 Å². The van der Waals surface area contributed by atoms with E-state index in [-0.39, 0.29) is 33.7 Å². The summed E-state index contributed by atoms with van der Waals surface area (Å²) in [5.41, 5.74) is 6.23. The van der Waals surface area contributed by atoms with Crippen LogP contribution in [0.4, 0.5) is 22.7 Å². The number of nitrogens with two attached hydrogens (primary N) is 1. The number of hydrogen-bond donors (Lipinski definition) is 6. The lowest BCUT2D eigenvalue weighted by molar-refractivity contribution is -0.110. The number of hydrogen-bond acceptors (Lipinski definition) is 15. The summed E-state index contributed by atoms with van der Waals surface area (Å²) in [6.45, 7) is 0. The molecule has 2 aromatic carbocycles. The standard InChI is InChI=1S/C34H24N8O10S2/c35-31-30-21(17-28(53(47,48)49)32(31)40-38-24-9-13-26(14-10-24)42(45)46)18-29(54(50,51)52)33(34(30)44)41-39-23-7-3-20(4-8-23)19-1-5-22(6-2-19)36-37-25-11-15-27(43)16-12-25/h1-18,45-46H,(H4-,35,38,44,47,48,49,50,51,52)/p+1. The Balaban J connectivity index is 1.30. The summed E-state index contributed by atoms with van der Waals surface area (Å²) in [7, 11) is -10.0. The van der Waals surface area contributed by atoms with Crippen LogP contribution in [0.2, 0.25) is 0 Å². The van der Waals surface area contributed by atoms with E-state index >= 15 is 0 Å². The molecule has 0 heterocycles. The molecule has 0 bridgehead atoms. The van der Waals surface area contributed by atoms with Crippen molar-refractivity contribution in [3.05, 3.63) is 130 Å². The first kappa shape index (κ1) is 37.2. The van der Waals surface area contributed by atoms with E-state index in [1.807, 2.05) is 0 Å². The number of ketones is 2. The second kappa shape index (κ2) is 14.8. The van der Waals surface area contributed by atoms with Crippen LogP contribution in [0.25, 0.3) is 6.08 Å². The van der Waals surface area contributed by atoms with Crippen molar-refractivity contribution in [3.63, 3.8) is 0 Å².